The van der Waals surface area contributed by atoms with Crippen molar-refractivity contribution >= 4 is 12.4 Å². The van der Waals surface area contributed by atoms with Crippen molar-refractivity contribution in [3.05, 3.63) is 59.7 Å². The van der Waals surface area contributed by atoms with E-state index in [2.05, 4.69) is 0 Å². The lowest BCUT2D eigenvalue weighted by Gasteiger charge is -2.14. The zero-order chi connectivity index (χ0) is 14.4. The van der Waals surface area contributed by atoms with Crippen molar-refractivity contribution in [1.29, 1.82) is 0 Å². The van der Waals surface area contributed by atoms with Gasteiger partial charge in [-0.05, 0) is 24.6 Å². The summed E-state index contributed by atoms with van der Waals surface area (Å²) in [7, 11) is 0. The van der Waals surface area contributed by atoms with Crippen LogP contribution in [0.2, 0.25) is 0 Å². The molecule has 4 nitrogen and oxygen atoms in total. The predicted molar refractivity (Wildman–Crippen MR) is 86.7 cm³/mol. The average Bonchev–Trinajstić information content (AvgIpc) is 2.46. The standard InChI is InChI=1S/C16H20N2O2.ClH/c17-9-8-15(18)14-7-6-13(10-16(14)19)20-11-12-4-2-1-3-5-12;/h1-7,10,15,19H,8-9,11,17-18H2;1H/t15-;/m1./s1. The van der Waals surface area contributed by atoms with Gasteiger partial charge in [-0.15, -0.1) is 12.4 Å². The largest absolute Gasteiger partial charge is 0.507 e. The van der Waals surface area contributed by atoms with Gasteiger partial charge in [0.15, 0.2) is 0 Å². The topological polar surface area (TPSA) is 81.5 Å². The Bertz CT molecular complexity index is 549. The second-order valence-electron chi connectivity index (χ2n) is 4.68. The first-order valence-electron chi connectivity index (χ1n) is 6.66. The zero-order valence-corrected chi connectivity index (χ0v) is 12.6. The maximum Gasteiger partial charge on any atom is 0.124 e. The van der Waals surface area contributed by atoms with Gasteiger partial charge in [0.2, 0.25) is 0 Å². The third kappa shape index (κ3) is 4.93. The minimum atomic E-state index is -0.247. The van der Waals surface area contributed by atoms with Crippen LogP contribution in [-0.4, -0.2) is 11.7 Å². The van der Waals surface area contributed by atoms with Crippen molar-refractivity contribution in [3.63, 3.8) is 0 Å². The fraction of sp³-hybridized carbons (Fsp3) is 0.250. The molecule has 0 fully saturated rings. The van der Waals surface area contributed by atoms with Gasteiger partial charge in [0, 0.05) is 17.7 Å². The third-order valence-electron chi connectivity index (χ3n) is 3.13. The molecule has 5 heteroatoms. The lowest BCUT2D eigenvalue weighted by molar-refractivity contribution is 0.304. The summed E-state index contributed by atoms with van der Waals surface area (Å²) >= 11 is 0. The van der Waals surface area contributed by atoms with Crippen molar-refractivity contribution < 1.29 is 9.84 Å². The first kappa shape index (κ1) is 17.3. The summed E-state index contributed by atoms with van der Waals surface area (Å²) < 4.78 is 5.64. The van der Waals surface area contributed by atoms with Crippen LogP contribution in [0.5, 0.6) is 11.5 Å². The number of hydrogen-bond donors (Lipinski definition) is 3. The lowest BCUT2D eigenvalue weighted by Crippen LogP contribution is -2.15. The average molecular weight is 309 g/mol. The summed E-state index contributed by atoms with van der Waals surface area (Å²) in [5.74, 6) is 0.770. The Balaban J connectivity index is 0.00000220. The number of phenols is 1. The van der Waals surface area contributed by atoms with E-state index in [0.717, 1.165) is 5.56 Å². The first-order valence-corrected chi connectivity index (χ1v) is 6.66. The molecule has 0 spiro atoms. The molecule has 0 unspecified atom stereocenters. The number of halogens is 1. The fourth-order valence-electron chi connectivity index (χ4n) is 2.00. The van der Waals surface area contributed by atoms with E-state index in [4.69, 9.17) is 16.2 Å². The number of phenolic OH excluding ortho intramolecular Hbond substituents is 1. The summed E-state index contributed by atoms with van der Waals surface area (Å²) in [5.41, 5.74) is 13.2. The van der Waals surface area contributed by atoms with Crippen LogP contribution in [0.15, 0.2) is 48.5 Å². The number of aromatic hydroxyl groups is 1. The normalized spacial score (nSPS) is 11.5. The van der Waals surface area contributed by atoms with E-state index in [1.807, 2.05) is 36.4 Å². The summed E-state index contributed by atoms with van der Waals surface area (Å²) in [4.78, 5) is 0. The molecule has 2 aromatic carbocycles. The Morgan fingerprint density at radius 3 is 2.43 bits per heavy atom. The second kappa shape index (κ2) is 8.52. The smallest absolute Gasteiger partial charge is 0.124 e. The molecule has 114 valence electrons. The second-order valence-corrected chi connectivity index (χ2v) is 4.68. The summed E-state index contributed by atoms with van der Waals surface area (Å²) in [6.07, 6.45) is 0.637. The molecule has 0 saturated carbocycles. The van der Waals surface area contributed by atoms with E-state index >= 15 is 0 Å². The number of benzene rings is 2. The van der Waals surface area contributed by atoms with Crippen molar-refractivity contribution in [2.75, 3.05) is 6.54 Å². The summed E-state index contributed by atoms with van der Waals surface area (Å²) in [6, 6.07) is 14.8. The summed E-state index contributed by atoms with van der Waals surface area (Å²) in [5, 5.41) is 9.98. The number of hydrogen-bond acceptors (Lipinski definition) is 4. The molecular weight excluding hydrogens is 288 g/mol. The van der Waals surface area contributed by atoms with Gasteiger partial charge in [0.25, 0.3) is 0 Å². The van der Waals surface area contributed by atoms with Crippen LogP contribution >= 0.6 is 12.4 Å². The van der Waals surface area contributed by atoms with Gasteiger partial charge in [0.1, 0.15) is 18.1 Å². The van der Waals surface area contributed by atoms with E-state index in [9.17, 15) is 5.11 Å². The van der Waals surface area contributed by atoms with Crippen molar-refractivity contribution in [1.82, 2.24) is 0 Å². The highest BCUT2D eigenvalue weighted by atomic mass is 35.5. The molecule has 21 heavy (non-hydrogen) atoms. The zero-order valence-electron chi connectivity index (χ0n) is 11.7. The van der Waals surface area contributed by atoms with Gasteiger partial charge >= 0.3 is 0 Å². The van der Waals surface area contributed by atoms with Gasteiger partial charge in [-0.3, -0.25) is 0 Å². The van der Waals surface area contributed by atoms with Crippen molar-refractivity contribution in [3.8, 4) is 11.5 Å². The molecular formula is C16H21ClN2O2. The molecule has 5 N–H and O–H groups in total. The van der Waals surface area contributed by atoms with Crippen LogP contribution in [0.25, 0.3) is 0 Å². The highest BCUT2D eigenvalue weighted by molar-refractivity contribution is 5.85. The predicted octanol–water partition coefficient (Wildman–Crippen LogP) is 2.74. The molecule has 0 aliphatic carbocycles. The molecule has 2 rings (SSSR count). The van der Waals surface area contributed by atoms with Crippen LogP contribution in [0.1, 0.15) is 23.6 Å². The first-order chi connectivity index (χ1) is 9.70. The van der Waals surface area contributed by atoms with E-state index in [-0.39, 0.29) is 24.2 Å². The molecule has 0 aliphatic rings. The van der Waals surface area contributed by atoms with E-state index < -0.39 is 0 Å². The van der Waals surface area contributed by atoms with Crippen LogP contribution in [0.3, 0.4) is 0 Å². The highest BCUT2D eigenvalue weighted by Gasteiger charge is 2.11. The Labute approximate surface area is 131 Å². The molecule has 0 radical (unpaired) electrons. The van der Waals surface area contributed by atoms with Gasteiger partial charge in [0.05, 0.1) is 0 Å². The Morgan fingerprint density at radius 2 is 1.81 bits per heavy atom. The van der Waals surface area contributed by atoms with Gasteiger partial charge in [-0.25, -0.2) is 0 Å². The van der Waals surface area contributed by atoms with Gasteiger partial charge in [-0.2, -0.15) is 0 Å². The Hall–Kier alpha value is -1.75. The molecule has 2 aromatic rings. The maximum atomic E-state index is 9.98. The maximum absolute atomic E-state index is 9.98. The molecule has 0 saturated heterocycles. The lowest BCUT2D eigenvalue weighted by atomic mass is 10.0. The number of nitrogens with two attached hydrogens (primary N) is 2. The molecule has 0 heterocycles. The van der Waals surface area contributed by atoms with Gasteiger partial charge in [-0.1, -0.05) is 36.4 Å². The monoisotopic (exact) mass is 308 g/mol. The third-order valence-corrected chi connectivity index (χ3v) is 3.13. The van der Waals surface area contributed by atoms with E-state index in [1.54, 1.807) is 12.1 Å². The van der Waals surface area contributed by atoms with E-state index in [0.29, 0.717) is 30.9 Å². The van der Waals surface area contributed by atoms with E-state index in [1.165, 1.54) is 0 Å². The van der Waals surface area contributed by atoms with Crippen LogP contribution in [-0.2, 0) is 6.61 Å². The quantitative estimate of drug-likeness (QED) is 0.766. The Kier molecular flexibility index (Phi) is 7.02. The van der Waals surface area contributed by atoms with Crippen molar-refractivity contribution in [2.24, 2.45) is 11.5 Å². The minimum absolute atomic E-state index is 0. The number of ether oxygens (including phenoxy) is 1. The van der Waals surface area contributed by atoms with Crippen LogP contribution < -0.4 is 16.2 Å². The molecule has 1 atom stereocenters. The van der Waals surface area contributed by atoms with Crippen LogP contribution in [0, 0.1) is 0 Å². The minimum Gasteiger partial charge on any atom is -0.507 e. The fourth-order valence-corrected chi connectivity index (χ4v) is 2.00. The molecule has 0 amide bonds. The number of rotatable bonds is 6. The Morgan fingerprint density at radius 1 is 1.10 bits per heavy atom. The van der Waals surface area contributed by atoms with Gasteiger partial charge < -0.3 is 21.3 Å². The van der Waals surface area contributed by atoms with Crippen LogP contribution in [0.4, 0.5) is 0 Å². The van der Waals surface area contributed by atoms with Crippen molar-refractivity contribution in [2.45, 2.75) is 19.1 Å². The highest BCUT2D eigenvalue weighted by Crippen LogP contribution is 2.29. The molecule has 0 bridgehead atoms. The SMILES string of the molecule is Cl.NCC[C@@H](N)c1ccc(OCc2ccccc2)cc1O. The summed E-state index contributed by atoms with van der Waals surface area (Å²) in [6.45, 7) is 0.960. The molecule has 0 aliphatic heterocycles. The molecule has 0 aromatic heterocycles.